The normalized spacial score (nSPS) is 10.5. The molecule has 3 aromatic rings. The summed E-state index contributed by atoms with van der Waals surface area (Å²) in [6.07, 6.45) is 0. The molecule has 0 atom stereocenters. The van der Waals surface area contributed by atoms with Crippen molar-refractivity contribution in [1.29, 1.82) is 0 Å². The number of thioether (sulfide) groups is 1. The Morgan fingerprint density at radius 3 is 2.70 bits per heavy atom. The van der Waals surface area contributed by atoms with Gasteiger partial charge in [0.2, 0.25) is 16.9 Å². The third-order valence-electron chi connectivity index (χ3n) is 3.50. The van der Waals surface area contributed by atoms with E-state index >= 15 is 0 Å². The van der Waals surface area contributed by atoms with Crippen molar-refractivity contribution in [2.24, 2.45) is 0 Å². The van der Waals surface area contributed by atoms with E-state index in [0.29, 0.717) is 9.36 Å². The number of carbonyl (C=O) groups is 2. The Morgan fingerprint density at radius 2 is 1.97 bits per heavy atom. The summed E-state index contributed by atoms with van der Waals surface area (Å²) in [6.45, 7) is 0. The Kier molecular flexibility index (Phi) is 6.92. The maximum absolute atomic E-state index is 13.3. The average Bonchev–Trinajstić information content (AvgIpc) is 3.15. The summed E-state index contributed by atoms with van der Waals surface area (Å²) in [6, 6.07) is 9.60. The van der Waals surface area contributed by atoms with Crippen LogP contribution in [0, 0.1) is 15.9 Å². The molecule has 0 aliphatic carbocycles. The van der Waals surface area contributed by atoms with Crippen molar-refractivity contribution in [3.63, 3.8) is 0 Å². The minimum atomic E-state index is -0.993. The van der Waals surface area contributed by atoms with Crippen molar-refractivity contribution in [2.75, 3.05) is 16.4 Å². The van der Waals surface area contributed by atoms with E-state index in [4.69, 9.17) is 11.6 Å². The Labute approximate surface area is 181 Å². The first kappa shape index (κ1) is 21.6. The number of nitro benzene ring substituents is 1. The fourth-order valence-electron chi connectivity index (χ4n) is 2.18. The lowest BCUT2D eigenvalue weighted by atomic mass is 10.2. The Bertz CT molecular complexity index is 1130. The zero-order chi connectivity index (χ0) is 21.7. The number of amides is 2. The maximum atomic E-state index is 13.3. The molecule has 2 N–H and O–H groups in total. The van der Waals surface area contributed by atoms with Gasteiger partial charge in [-0.3, -0.25) is 25.0 Å². The number of carbonyl (C=O) groups excluding carboxylic acids is 2. The molecule has 0 bridgehead atoms. The van der Waals surface area contributed by atoms with Gasteiger partial charge in [0.25, 0.3) is 5.91 Å². The van der Waals surface area contributed by atoms with Crippen LogP contribution < -0.4 is 10.6 Å². The first-order valence-corrected chi connectivity index (χ1v) is 10.3. The molecule has 0 saturated carbocycles. The molecule has 0 unspecified atom stereocenters. The topological polar surface area (TPSA) is 127 Å². The van der Waals surface area contributed by atoms with Crippen molar-refractivity contribution >= 4 is 63.0 Å². The van der Waals surface area contributed by atoms with Crippen molar-refractivity contribution in [2.45, 2.75) is 4.34 Å². The highest BCUT2D eigenvalue weighted by Gasteiger charge is 2.16. The van der Waals surface area contributed by atoms with Gasteiger partial charge < -0.3 is 5.32 Å². The predicted octanol–water partition coefficient (Wildman–Crippen LogP) is 4.22. The lowest BCUT2D eigenvalue weighted by Crippen LogP contribution is -2.14. The van der Waals surface area contributed by atoms with E-state index < -0.39 is 28.2 Å². The summed E-state index contributed by atoms with van der Waals surface area (Å²) in [5.41, 5.74) is -0.349. The van der Waals surface area contributed by atoms with Crippen molar-refractivity contribution in [1.82, 2.24) is 10.2 Å². The molecule has 2 aromatic carbocycles. The summed E-state index contributed by atoms with van der Waals surface area (Å²) >= 11 is 8.10. The molecule has 154 valence electrons. The highest BCUT2D eigenvalue weighted by atomic mass is 35.5. The third-order valence-corrected chi connectivity index (χ3v) is 5.80. The van der Waals surface area contributed by atoms with Gasteiger partial charge in [-0.05, 0) is 24.3 Å². The number of hydrogen-bond acceptors (Lipinski definition) is 8. The summed E-state index contributed by atoms with van der Waals surface area (Å²) in [7, 11) is 0. The Hall–Kier alpha value is -3.09. The number of aromatic nitrogens is 2. The molecule has 30 heavy (non-hydrogen) atoms. The molecule has 9 nitrogen and oxygen atoms in total. The molecular formula is C17H11ClFN5O4S2. The number of nitrogens with zero attached hydrogens (tertiary/aromatic N) is 3. The lowest BCUT2D eigenvalue weighted by Gasteiger charge is -2.04. The first-order valence-electron chi connectivity index (χ1n) is 8.09. The van der Waals surface area contributed by atoms with Crippen LogP contribution in [0.15, 0.2) is 46.8 Å². The molecule has 13 heteroatoms. The smallest absolute Gasteiger partial charge is 0.306 e. The van der Waals surface area contributed by atoms with Gasteiger partial charge in [0, 0.05) is 11.8 Å². The monoisotopic (exact) mass is 467 g/mol. The van der Waals surface area contributed by atoms with Crippen LogP contribution in [-0.4, -0.2) is 32.7 Å². The Morgan fingerprint density at radius 1 is 1.20 bits per heavy atom. The highest BCUT2D eigenvalue weighted by molar-refractivity contribution is 8.01. The second kappa shape index (κ2) is 9.61. The van der Waals surface area contributed by atoms with Gasteiger partial charge in [0.1, 0.15) is 0 Å². The molecule has 2 amide bonds. The fourth-order valence-corrected chi connectivity index (χ4v) is 3.95. The fraction of sp³-hybridized carbons (Fsp3) is 0.0588. The number of anilines is 2. The minimum absolute atomic E-state index is 0.0712. The van der Waals surface area contributed by atoms with Crippen molar-refractivity contribution < 1.29 is 18.9 Å². The summed E-state index contributed by atoms with van der Waals surface area (Å²) in [5.74, 6) is -1.98. The molecule has 0 aliphatic rings. The molecule has 0 saturated heterocycles. The van der Waals surface area contributed by atoms with Crippen LogP contribution in [0.25, 0.3) is 0 Å². The number of rotatable bonds is 7. The van der Waals surface area contributed by atoms with Gasteiger partial charge in [0.05, 0.1) is 21.3 Å². The zero-order valence-electron chi connectivity index (χ0n) is 14.8. The summed E-state index contributed by atoms with van der Waals surface area (Å²) in [4.78, 5) is 34.1. The van der Waals surface area contributed by atoms with E-state index in [-0.39, 0.29) is 22.1 Å². The van der Waals surface area contributed by atoms with E-state index in [1.807, 2.05) is 0 Å². The lowest BCUT2D eigenvalue weighted by molar-refractivity contribution is -0.387. The minimum Gasteiger partial charge on any atom is -0.325 e. The highest BCUT2D eigenvalue weighted by Crippen LogP contribution is 2.27. The average molecular weight is 468 g/mol. The van der Waals surface area contributed by atoms with Gasteiger partial charge in [-0.25, -0.2) is 0 Å². The standard InChI is InChI=1S/C17H11ClFN5O4S2/c18-11-4-2-1-3-10(11)15(26)21-16-22-23-17(30-16)29-8-14(25)20-9-5-6-12(19)13(7-9)24(27)28/h1-7H,8H2,(H,20,25)(H,21,22,26). The van der Waals surface area contributed by atoms with Gasteiger partial charge in [-0.15, -0.1) is 10.2 Å². The number of halogens is 2. The van der Waals surface area contributed by atoms with Gasteiger partial charge in [-0.2, -0.15) is 4.39 Å². The van der Waals surface area contributed by atoms with E-state index in [1.54, 1.807) is 24.3 Å². The molecule has 0 radical (unpaired) electrons. The van der Waals surface area contributed by atoms with Crippen LogP contribution in [0.2, 0.25) is 5.02 Å². The predicted molar refractivity (Wildman–Crippen MR) is 112 cm³/mol. The summed E-state index contributed by atoms with van der Waals surface area (Å²) < 4.78 is 13.8. The second-order valence-electron chi connectivity index (χ2n) is 5.57. The number of nitro groups is 1. The van der Waals surface area contributed by atoms with Crippen LogP contribution in [0.4, 0.5) is 20.9 Å². The Balaban J connectivity index is 1.54. The van der Waals surface area contributed by atoms with Crippen LogP contribution in [0.5, 0.6) is 0 Å². The van der Waals surface area contributed by atoms with E-state index in [0.717, 1.165) is 35.2 Å². The van der Waals surface area contributed by atoms with Gasteiger partial charge >= 0.3 is 5.69 Å². The number of nitrogens with one attached hydrogen (secondary N) is 2. The van der Waals surface area contributed by atoms with Gasteiger partial charge in [0.15, 0.2) is 4.34 Å². The molecule has 3 rings (SSSR count). The molecule has 0 fully saturated rings. The van der Waals surface area contributed by atoms with Crippen molar-refractivity contribution in [3.05, 3.63) is 69.0 Å². The van der Waals surface area contributed by atoms with Crippen LogP contribution >= 0.6 is 34.7 Å². The quantitative estimate of drug-likeness (QED) is 0.230. The van der Waals surface area contributed by atoms with E-state index in [1.165, 1.54) is 6.07 Å². The second-order valence-corrected chi connectivity index (χ2v) is 8.17. The van der Waals surface area contributed by atoms with Gasteiger partial charge in [-0.1, -0.05) is 46.8 Å². The third kappa shape index (κ3) is 5.49. The maximum Gasteiger partial charge on any atom is 0.306 e. The SMILES string of the molecule is O=C(CSc1nnc(NC(=O)c2ccccc2Cl)s1)Nc1ccc(F)c([N+](=O)[O-])c1. The van der Waals surface area contributed by atoms with Crippen LogP contribution in [0.1, 0.15) is 10.4 Å². The molecule has 0 spiro atoms. The molecular weight excluding hydrogens is 457 g/mol. The van der Waals surface area contributed by atoms with Crippen molar-refractivity contribution in [3.8, 4) is 0 Å². The largest absolute Gasteiger partial charge is 0.325 e. The van der Waals surface area contributed by atoms with Crippen LogP contribution in [-0.2, 0) is 4.79 Å². The van der Waals surface area contributed by atoms with E-state index in [2.05, 4.69) is 20.8 Å². The number of hydrogen-bond donors (Lipinski definition) is 2. The van der Waals surface area contributed by atoms with E-state index in [9.17, 15) is 24.1 Å². The number of benzene rings is 2. The zero-order valence-corrected chi connectivity index (χ0v) is 17.2. The molecule has 1 aromatic heterocycles. The van der Waals surface area contributed by atoms with Crippen LogP contribution in [0.3, 0.4) is 0 Å². The molecule has 0 aliphatic heterocycles. The summed E-state index contributed by atoms with van der Waals surface area (Å²) in [5, 5.41) is 24.0. The first-order chi connectivity index (χ1) is 14.3. The molecule has 1 heterocycles.